The topological polar surface area (TPSA) is 6.48 Å². The first kappa shape index (κ1) is 41.6. The monoisotopic (exact) mass is 864 g/mol. The van der Waals surface area contributed by atoms with Crippen LogP contribution in [0.1, 0.15) is 0 Å². The number of rotatable bonds is 8. The Kier molecular flexibility index (Phi) is 10.2. The second kappa shape index (κ2) is 14.9. The zero-order chi connectivity index (χ0) is 43.2. The van der Waals surface area contributed by atoms with Crippen LogP contribution in [-0.2, 0) is 0 Å². The van der Waals surface area contributed by atoms with Crippen molar-refractivity contribution < 1.29 is 0 Å². The molecule has 0 atom stereocenters. The van der Waals surface area contributed by atoms with Gasteiger partial charge in [0.25, 0.3) is 6.71 Å². The van der Waals surface area contributed by atoms with E-state index in [0.717, 1.165) is 0 Å². The fourth-order valence-electron chi connectivity index (χ4n) is 9.27. The SMILES string of the molecule is C[Si](C)(C)c1ccc(N2c3cc([Si](C)(C)C)ccc3B3c4ccc(S(C)(C)C)cc4N(c4ccc([Si](C)(C)C)cc4)c4cc(-c5cccc(-c6ccccc6)c5)cc2c43)cc1. The second-order valence-corrected chi connectivity index (χ2v) is 40.5. The summed E-state index contributed by atoms with van der Waals surface area (Å²) in [5.41, 5.74) is 16.6. The van der Waals surface area contributed by atoms with Gasteiger partial charge in [-0.25, -0.2) is 10.0 Å². The molecule has 7 heteroatoms. The fraction of sp³-hybridized carbons (Fsp3) is 0.222. The Morgan fingerprint density at radius 3 is 1.31 bits per heavy atom. The lowest BCUT2D eigenvalue weighted by atomic mass is 9.33. The summed E-state index contributed by atoms with van der Waals surface area (Å²) in [6.45, 7) is 22.2. The molecule has 9 rings (SSSR count). The van der Waals surface area contributed by atoms with Gasteiger partial charge in [0.15, 0.2) is 0 Å². The Hall–Kier alpha value is -4.79. The van der Waals surface area contributed by atoms with Gasteiger partial charge in [-0.05, 0) is 117 Å². The zero-order valence-electron chi connectivity index (χ0n) is 38.3. The highest BCUT2D eigenvalue weighted by atomic mass is 32.3. The van der Waals surface area contributed by atoms with Crippen LogP contribution in [0.2, 0.25) is 58.9 Å². The van der Waals surface area contributed by atoms with Gasteiger partial charge >= 0.3 is 0 Å². The van der Waals surface area contributed by atoms with Gasteiger partial charge in [-0.15, -0.1) is 0 Å². The van der Waals surface area contributed by atoms with Crippen molar-refractivity contribution in [3.63, 3.8) is 0 Å². The lowest BCUT2D eigenvalue weighted by molar-refractivity contribution is 1.24. The van der Waals surface area contributed by atoms with Gasteiger partial charge in [0.2, 0.25) is 0 Å². The summed E-state index contributed by atoms with van der Waals surface area (Å²) in [7, 11) is -5.73. The summed E-state index contributed by atoms with van der Waals surface area (Å²) < 4.78 is 0. The summed E-state index contributed by atoms with van der Waals surface area (Å²) in [6.07, 6.45) is 7.27. The molecule has 0 aliphatic carbocycles. The Morgan fingerprint density at radius 2 is 0.820 bits per heavy atom. The summed E-state index contributed by atoms with van der Waals surface area (Å²) in [5.74, 6) is 0. The molecule has 0 N–H and O–H groups in total. The van der Waals surface area contributed by atoms with E-state index in [1.807, 2.05) is 0 Å². The molecule has 7 aromatic rings. The lowest BCUT2D eigenvalue weighted by Gasteiger charge is -2.45. The normalized spacial score (nSPS) is 14.1. The van der Waals surface area contributed by atoms with E-state index < -0.39 is 34.2 Å². The third-order valence-corrected chi connectivity index (χ3v) is 20.7. The number of benzene rings is 7. The van der Waals surface area contributed by atoms with E-state index in [9.17, 15) is 0 Å². The largest absolute Gasteiger partial charge is 0.311 e. The molecular formula is C54H61BN2SSi3. The molecule has 0 saturated carbocycles. The van der Waals surface area contributed by atoms with E-state index in [2.05, 4.69) is 239 Å². The molecule has 61 heavy (non-hydrogen) atoms. The van der Waals surface area contributed by atoms with Gasteiger partial charge < -0.3 is 9.80 Å². The van der Waals surface area contributed by atoms with Gasteiger partial charge in [-0.2, -0.15) is 0 Å². The molecule has 0 saturated heterocycles. The molecular weight excluding hydrogens is 804 g/mol. The maximum atomic E-state index is 2.62. The molecule has 2 aliphatic rings. The van der Waals surface area contributed by atoms with Crippen molar-refractivity contribution in [3.8, 4) is 22.3 Å². The highest BCUT2D eigenvalue weighted by Crippen LogP contribution is 2.50. The molecule has 0 bridgehead atoms. The third-order valence-electron chi connectivity index (χ3n) is 12.9. The molecule has 2 aliphatic heterocycles. The Morgan fingerprint density at radius 1 is 0.377 bits per heavy atom. The van der Waals surface area contributed by atoms with Crippen molar-refractivity contribution in [1.82, 2.24) is 0 Å². The number of anilines is 6. The van der Waals surface area contributed by atoms with E-state index in [0.29, 0.717) is 0 Å². The van der Waals surface area contributed by atoms with Crippen molar-refractivity contribution in [2.45, 2.75) is 63.8 Å². The van der Waals surface area contributed by atoms with Crippen molar-refractivity contribution in [3.05, 3.63) is 152 Å². The highest BCUT2D eigenvalue weighted by Gasteiger charge is 2.44. The zero-order valence-corrected chi connectivity index (χ0v) is 42.1. The minimum Gasteiger partial charge on any atom is -0.311 e. The van der Waals surface area contributed by atoms with Gasteiger partial charge in [-0.3, -0.25) is 0 Å². The Balaban J connectivity index is 1.39. The first-order chi connectivity index (χ1) is 28.8. The molecule has 0 unspecified atom stereocenters. The average molecular weight is 865 g/mol. The van der Waals surface area contributed by atoms with E-state index in [-0.39, 0.29) is 6.71 Å². The lowest BCUT2D eigenvalue weighted by Crippen LogP contribution is -2.62. The molecule has 7 aromatic carbocycles. The summed E-state index contributed by atoms with van der Waals surface area (Å²) >= 11 is 0. The number of hydrogen-bond acceptors (Lipinski definition) is 2. The van der Waals surface area contributed by atoms with Gasteiger partial charge in [0, 0.05) is 34.1 Å². The van der Waals surface area contributed by atoms with E-state index in [1.54, 1.807) is 0 Å². The number of fused-ring (bicyclic) bond motifs is 4. The maximum absolute atomic E-state index is 2.62. The van der Waals surface area contributed by atoms with Crippen LogP contribution >= 0.6 is 10.0 Å². The molecule has 2 nitrogen and oxygen atoms in total. The van der Waals surface area contributed by atoms with Gasteiger partial charge in [-0.1, -0.05) is 172 Å². The highest BCUT2D eigenvalue weighted by molar-refractivity contribution is 8.32. The maximum Gasteiger partial charge on any atom is 0.252 e. The van der Waals surface area contributed by atoms with Crippen molar-refractivity contribution in [1.29, 1.82) is 0 Å². The van der Waals surface area contributed by atoms with Gasteiger partial charge in [0.1, 0.15) is 0 Å². The Bertz CT molecular complexity index is 2640. The standard InChI is InChI=1S/C54H61BN2SSi3/c1-58(2,3)44-25-31-48-50(36-44)56(42-21-26-45(27-22-42)59(4,5)6)52-34-41(40-20-16-19-39(33-40)38-17-14-13-15-18-38)35-53-54(52)55(48)49-32-30-47(61(10,11)12)37-51(49)57(53)43-23-28-46(29-24-43)60(7,8)9/h13-37H,1-12H3. The average Bonchev–Trinajstić information content (AvgIpc) is 3.22. The van der Waals surface area contributed by atoms with Crippen molar-refractivity contribution >= 4 is 107 Å². The second-order valence-electron chi connectivity index (χ2n) is 21.2. The quantitative estimate of drug-likeness (QED) is 0.140. The minimum absolute atomic E-state index is 0.0782. The predicted octanol–water partition coefficient (Wildman–Crippen LogP) is 11.8. The molecule has 0 fully saturated rings. The first-order valence-corrected chi connectivity index (χ1v) is 35.2. The molecule has 308 valence electrons. The Labute approximate surface area is 371 Å². The van der Waals surface area contributed by atoms with Crippen molar-refractivity contribution in [2.75, 3.05) is 28.6 Å². The van der Waals surface area contributed by atoms with E-state index in [1.165, 1.54) is 93.2 Å². The summed E-state index contributed by atoms with van der Waals surface area (Å²) in [5, 5.41) is 4.44. The van der Waals surface area contributed by atoms with Crippen molar-refractivity contribution in [2.24, 2.45) is 0 Å². The smallest absolute Gasteiger partial charge is 0.252 e. The molecule has 0 radical (unpaired) electrons. The van der Waals surface area contributed by atoms with Crippen LogP contribution in [0.5, 0.6) is 0 Å². The van der Waals surface area contributed by atoms with Crippen LogP contribution in [0.15, 0.2) is 157 Å². The van der Waals surface area contributed by atoms with Crippen LogP contribution in [0.4, 0.5) is 34.1 Å². The molecule has 0 spiro atoms. The van der Waals surface area contributed by atoms with Crippen LogP contribution in [-0.4, -0.2) is 49.7 Å². The molecule has 2 heterocycles. The van der Waals surface area contributed by atoms with Gasteiger partial charge in [0.05, 0.1) is 24.2 Å². The van der Waals surface area contributed by atoms with E-state index in [4.69, 9.17) is 0 Å². The number of hydrogen-bond donors (Lipinski definition) is 0. The summed E-state index contributed by atoms with van der Waals surface area (Å²) in [4.78, 5) is 6.67. The van der Waals surface area contributed by atoms with Crippen LogP contribution in [0.3, 0.4) is 0 Å². The van der Waals surface area contributed by atoms with Crippen LogP contribution in [0.25, 0.3) is 22.3 Å². The summed E-state index contributed by atoms with van der Waals surface area (Å²) in [6, 6.07) is 59.2. The molecule has 0 aromatic heterocycles. The van der Waals surface area contributed by atoms with E-state index >= 15 is 0 Å². The number of nitrogens with zero attached hydrogens (tertiary/aromatic N) is 2. The predicted molar refractivity (Wildman–Crippen MR) is 284 cm³/mol. The fourth-order valence-corrected chi connectivity index (χ4v) is 13.7. The van der Waals surface area contributed by atoms with Crippen LogP contribution < -0.4 is 41.7 Å². The minimum atomic E-state index is -1.68. The first-order valence-electron chi connectivity index (χ1n) is 21.9. The molecule has 0 amide bonds. The third kappa shape index (κ3) is 7.62. The van der Waals surface area contributed by atoms with Crippen LogP contribution in [0, 0.1) is 0 Å².